The maximum atomic E-state index is 14.5. The highest BCUT2D eigenvalue weighted by Crippen LogP contribution is 2.25. The SMILES string of the molecule is O=C(CSc1nncn1-c1cccc(Cl)c1)Nc1ccc(N2CCOCC2)c(F)c1. The van der Waals surface area contributed by atoms with Crippen molar-refractivity contribution in [3.05, 3.63) is 59.6 Å². The fraction of sp³-hybridized carbons (Fsp3) is 0.250. The molecule has 2 heterocycles. The van der Waals surface area contributed by atoms with Gasteiger partial charge < -0.3 is 15.0 Å². The summed E-state index contributed by atoms with van der Waals surface area (Å²) in [6, 6.07) is 12.0. The van der Waals surface area contributed by atoms with Crippen LogP contribution in [0, 0.1) is 5.82 Å². The second kappa shape index (κ2) is 9.46. The van der Waals surface area contributed by atoms with Crippen LogP contribution in [0.1, 0.15) is 0 Å². The van der Waals surface area contributed by atoms with Crippen molar-refractivity contribution >= 4 is 40.6 Å². The third-order valence-corrected chi connectivity index (χ3v) is 5.70. The molecule has 1 aliphatic rings. The average molecular weight is 448 g/mol. The predicted molar refractivity (Wildman–Crippen MR) is 115 cm³/mol. The number of carbonyl (C=O) groups is 1. The number of nitrogens with one attached hydrogen (secondary N) is 1. The summed E-state index contributed by atoms with van der Waals surface area (Å²) in [6.45, 7) is 2.45. The van der Waals surface area contributed by atoms with Gasteiger partial charge >= 0.3 is 0 Å². The first-order valence-corrected chi connectivity index (χ1v) is 10.7. The molecule has 1 N–H and O–H groups in total. The third-order valence-electron chi connectivity index (χ3n) is 4.52. The monoisotopic (exact) mass is 447 g/mol. The standard InChI is InChI=1S/C20H19ClFN5O2S/c21-14-2-1-3-16(10-14)27-13-23-25-20(27)30-12-19(28)24-15-4-5-18(17(22)11-15)26-6-8-29-9-7-26/h1-5,10-11,13H,6-9,12H2,(H,24,28). The quantitative estimate of drug-likeness (QED) is 0.582. The van der Waals surface area contributed by atoms with Crippen molar-refractivity contribution in [2.24, 2.45) is 0 Å². The van der Waals surface area contributed by atoms with Gasteiger partial charge in [-0.2, -0.15) is 0 Å². The fourth-order valence-electron chi connectivity index (χ4n) is 3.10. The number of morpholine rings is 1. The Labute approximate surface area is 182 Å². The maximum absolute atomic E-state index is 14.5. The summed E-state index contributed by atoms with van der Waals surface area (Å²) in [4.78, 5) is 14.3. The zero-order valence-corrected chi connectivity index (χ0v) is 17.5. The van der Waals surface area contributed by atoms with E-state index < -0.39 is 0 Å². The van der Waals surface area contributed by atoms with Gasteiger partial charge in [-0.3, -0.25) is 9.36 Å². The van der Waals surface area contributed by atoms with Crippen molar-refractivity contribution in [2.45, 2.75) is 5.16 Å². The lowest BCUT2D eigenvalue weighted by molar-refractivity contribution is -0.113. The predicted octanol–water partition coefficient (Wildman–Crippen LogP) is 3.63. The minimum Gasteiger partial charge on any atom is -0.378 e. The van der Waals surface area contributed by atoms with Crippen molar-refractivity contribution in [2.75, 3.05) is 42.3 Å². The topological polar surface area (TPSA) is 72.3 Å². The van der Waals surface area contributed by atoms with E-state index in [0.717, 1.165) is 5.69 Å². The van der Waals surface area contributed by atoms with E-state index in [4.69, 9.17) is 16.3 Å². The number of carbonyl (C=O) groups excluding carboxylic acids is 1. The third kappa shape index (κ3) is 4.92. The van der Waals surface area contributed by atoms with Crippen molar-refractivity contribution in [1.82, 2.24) is 14.8 Å². The molecule has 1 amide bonds. The highest BCUT2D eigenvalue weighted by molar-refractivity contribution is 7.99. The molecule has 0 atom stereocenters. The molecular formula is C20H19ClFN5O2S. The summed E-state index contributed by atoms with van der Waals surface area (Å²) in [5.74, 6) is -0.534. The molecule has 0 saturated carbocycles. The molecule has 2 aromatic carbocycles. The zero-order valence-electron chi connectivity index (χ0n) is 15.9. The summed E-state index contributed by atoms with van der Waals surface area (Å²) in [6.07, 6.45) is 1.56. The summed E-state index contributed by atoms with van der Waals surface area (Å²) in [5, 5.41) is 11.8. The van der Waals surface area contributed by atoms with Crippen molar-refractivity contribution < 1.29 is 13.9 Å². The number of ether oxygens (including phenoxy) is 1. The van der Waals surface area contributed by atoms with Crippen molar-refractivity contribution in [3.8, 4) is 5.69 Å². The average Bonchev–Trinajstić information content (AvgIpc) is 3.22. The highest BCUT2D eigenvalue weighted by Gasteiger charge is 2.16. The van der Waals surface area contributed by atoms with E-state index in [2.05, 4.69) is 15.5 Å². The van der Waals surface area contributed by atoms with E-state index in [1.807, 2.05) is 17.0 Å². The Hall–Kier alpha value is -2.62. The number of amides is 1. The molecule has 1 saturated heterocycles. The molecule has 3 aromatic rings. The molecule has 0 bridgehead atoms. The van der Waals surface area contributed by atoms with Crippen LogP contribution in [0.3, 0.4) is 0 Å². The molecule has 1 fully saturated rings. The molecule has 30 heavy (non-hydrogen) atoms. The van der Waals surface area contributed by atoms with Gasteiger partial charge in [0.2, 0.25) is 5.91 Å². The number of anilines is 2. The molecule has 4 rings (SSSR count). The number of thioether (sulfide) groups is 1. The van der Waals surface area contributed by atoms with Gasteiger partial charge in [0.1, 0.15) is 12.1 Å². The van der Waals surface area contributed by atoms with Crippen LogP contribution in [0.25, 0.3) is 5.69 Å². The van der Waals surface area contributed by atoms with Crippen LogP contribution in [0.2, 0.25) is 5.02 Å². The van der Waals surface area contributed by atoms with Crippen LogP contribution >= 0.6 is 23.4 Å². The van der Waals surface area contributed by atoms with Gasteiger partial charge in [-0.15, -0.1) is 10.2 Å². The van der Waals surface area contributed by atoms with Gasteiger partial charge in [0.25, 0.3) is 0 Å². The Balaban J connectivity index is 1.37. The van der Waals surface area contributed by atoms with Crippen LogP contribution in [0.15, 0.2) is 53.9 Å². The van der Waals surface area contributed by atoms with Crippen LogP contribution in [-0.2, 0) is 9.53 Å². The largest absolute Gasteiger partial charge is 0.378 e. The molecule has 10 heteroatoms. The normalized spacial score (nSPS) is 14.0. The van der Waals surface area contributed by atoms with E-state index >= 15 is 0 Å². The lowest BCUT2D eigenvalue weighted by Crippen LogP contribution is -2.36. The zero-order chi connectivity index (χ0) is 20.9. The van der Waals surface area contributed by atoms with Crippen LogP contribution in [0.4, 0.5) is 15.8 Å². The second-order valence-electron chi connectivity index (χ2n) is 6.57. The number of rotatable bonds is 6. The summed E-state index contributed by atoms with van der Waals surface area (Å²) in [7, 11) is 0. The van der Waals surface area contributed by atoms with Gasteiger partial charge in [-0.25, -0.2) is 4.39 Å². The Morgan fingerprint density at radius 2 is 2.07 bits per heavy atom. The Kier molecular flexibility index (Phi) is 6.51. The lowest BCUT2D eigenvalue weighted by atomic mass is 10.2. The Morgan fingerprint density at radius 3 is 2.83 bits per heavy atom. The molecule has 1 aliphatic heterocycles. The van der Waals surface area contributed by atoms with Gasteiger partial charge in [0, 0.05) is 23.8 Å². The summed E-state index contributed by atoms with van der Waals surface area (Å²) >= 11 is 7.27. The molecule has 0 unspecified atom stereocenters. The van der Waals surface area contributed by atoms with Crippen LogP contribution in [-0.4, -0.2) is 52.7 Å². The van der Waals surface area contributed by atoms with Crippen molar-refractivity contribution in [1.29, 1.82) is 0 Å². The molecule has 0 radical (unpaired) electrons. The molecule has 1 aromatic heterocycles. The first kappa shape index (κ1) is 20.6. The van der Waals surface area contributed by atoms with Gasteiger partial charge in [-0.1, -0.05) is 29.4 Å². The fourth-order valence-corrected chi connectivity index (χ4v) is 4.01. The van der Waals surface area contributed by atoms with Crippen molar-refractivity contribution in [3.63, 3.8) is 0 Å². The molecule has 0 aliphatic carbocycles. The number of halogens is 2. The van der Waals surface area contributed by atoms with E-state index in [1.165, 1.54) is 17.8 Å². The maximum Gasteiger partial charge on any atom is 0.234 e. The van der Waals surface area contributed by atoms with Crippen LogP contribution < -0.4 is 10.2 Å². The number of nitrogens with zero attached hydrogens (tertiary/aromatic N) is 4. The van der Waals surface area contributed by atoms with Gasteiger partial charge in [0.15, 0.2) is 5.16 Å². The second-order valence-corrected chi connectivity index (χ2v) is 7.94. The minimum atomic E-state index is -0.372. The highest BCUT2D eigenvalue weighted by atomic mass is 35.5. The molecule has 0 spiro atoms. The number of hydrogen-bond acceptors (Lipinski definition) is 6. The summed E-state index contributed by atoms with van der Waals surface area (Å²) in [5.41, 5.74) is 1.72. The number of benzene rings is 2. The van der Waals surface area contributed by atoms with E-state index in [9.17, 15) is 9.18 Å². The first-order valence-electron chi connectivity index (χ1n) is 9.31. The first-order chi connectivity index (χ1) is 14.6. The van der Waals surface area contributed by atoms with Gasteiger partial charge in [-0.05, 0) is 36.4 Å². The minimum absolute atomic E-state index is 0.103. The molecular weight excluding hydrogens is 429 g/mol. The van der Waals surface area contributed by atoms with E-state index in [1.54, 1.807) is 35.2 Å². The molecule has 7 nitrogen and oxygen atoms in total. The van der Waals surface area contributed by atoms with E-state index in [-0.39, 0.29) is 17.5 Å². The summed E-state index contributed by atoms with van der Waals surface area (Å²) < 4.78 is 21.5. The Morgan fingerprint density at radius 1 is 1.23 bits per heavy atom. The van der Waals surface area contributed by atoms with Crippen LogP contribution in [0.5, 0.6) is 0 Å². The molecule has 156 valence electrons. The number of aromatic nitrogens is 3. The van der Waals surface area contributed by atoms with E-state index in [0.29, 0.717) is 47.9 Å². The number of hydrogen-bond donors (Lipinski definition) is 1. The lowest BCUT2D eigenvalue weighted by Gasteiger charge is -2.29. The van der Waals surface area contributed by atoms with Gasteiger partial charge in [0.05, 0.1) is 30.3 Å². The Bertz CT molecular complexity index is 1040. The smallest absolute Gasteiger partial charge is 0.234 e.